The summed E-state index contributed by atoms with van der Waals surface area (Å²) in [5.41, 5.74) is 13.2. The number of nitrogen functional groups attached to an aromatic ring is 2. The molecule has 0 unspecified atom stereocenters. The zero-order valence-electron chi connectivity index (χ0n) is 6.36. The van der Waals surface area contributed by atoms with E-state index in [1.807, 2.05) is 0 Å². The second-order valence-electron chi connectivity index (χ2n) is 2.56. The third-order valence-corrected chi connectivity index (χ3v) is 1.66. The van der Waals surface area contributed by atoms with Crippen molar-refractivity contribution in [3.63, 3.8) is 0 Å². The maximum Gasteiger partial charge on any atom is 0.0907 e. The average Bonchev–Trinajstić information content (AvgIpc) is 2.07. The first-order valence-corrected chi connectivity index (χ1v) is 3.52. The highest BCUT2D eigenvalue weighted by Crippen LogP contribution is 2.18. The highest BCUT2D eigenvalue weighted by Gasteiger charge is 1.98. The van der Waals surface area contributed by atoms with Crippen molar-refractivity contribution in [2.24, 2.45) is 0 Å². The van der Waals surface area contributed by atoms with Gasteiger partial charge in [-0.05, 0) is 6.07 Å². The fourth-order valence-electron chi connectivity index (χ4n) is 1.08. The number of pyridine rings is 2. The fraction of sp³-hybridized carbons (Fsp3) is 0. The number of hydrogen-bond acceptors (Lipinski definition) is 4. The molecule has 2 aromatic heterocycles. The van der Waals surface area contributed by atoms with E-state index in [-0.39, 0.29) is 0 Å². The maximum atomic E-state index is 5.67. The van der Waals surface area contributed by atoms with Gasteiger partial charge >= 0.3 is 0 Å². The van der Waals surface area contributed by atoms with E-state index in [0.29, 0.717) is 11.4 Å². The van der Waals surface area contributed by atoms with Gasteiger partial charge in [-0.15, -0.1) is 0 Å². The summed E-state index contributed by atoms with van der Waals surface area (Å²) < 4.78 is 0. The summed E-state index contributed by atoms with van der Waals surface area (Å²) >= 11 is 0. The number of hydrogen-bond donors (Lipinski definition) is 2. The van der Waals surface area contributed by atoms with E-state index in [1.165, 1.54) is 0 Å². The third kappa shape index (κ3) is 0.934. The minimum atomic E-state index is 0.604. The molecule has 0 spiro atoms. The van der Waals surface area contributed by atoms with Crippen LogP contribution in [0.2, 0.25) is 0 Å². The number of rotatable bonds is 0. The zero-order valence-corrected chi connectivity index (χ0v) is 6.36. The first-order chi connectivity index (χ1) is 5.77. The number of anilines is 2. The second kappa shape index (κ2) is 2.34. The Kier molecular flexibility index (Phi) is 1.33. The van der Waals surface area contributed by atoms with Crippen molar-refractivity contribution in [3.8, 4) is 0 Å². The van der Waals surface area contributed by atoms with E-state index in [4.69, 9.17) is 11.5 Å². The standard InChI is InChI=1S/C8H8N4/c9-5-1-6-7(10)3-11-4-8(6)12-2-5/h1-4H,9-10H2. The van der Waals surface area contributed by atoms with E-state index in [1.54, 1.807) is 24.7 Å². The van der Waals surface area contributed by atoms with E-state index in [0.717, 1.165) is 10.9 Å². The molecule has 0 atom stereocenters. The monoisotopic (exact) mass is 160 g/mol. The van der Waals surface area contributed by atoms with Crippen molar-refractivity contribution < 1.29 is 0 Å². The van der Waals surface area contributed by atoms with Crippen LogP contribution in [-0.2, 0) is 0 Å². The van der Waals surface area contributed by atoms with E-state index >= 15 is 0 Å². The van der Waals surface area contributed by atoms with Gasteiger partial charge in [0, 0.05) is 5.39 Å². The van der Waals surface area contributed by atoms with Crippen molar-refractivity contribution >= 4 is 22.3 Å². The molecule has 60 valence electrons. The Morgan fingerprint density at radius 1 is 1.08 bits per heavy atom. The highest BCUT2D eigenvalue weighted by atomic mass is 14.8. The number of nitrogens with zero attached hydrogens (tertiary/aromatic N) is 2. The molecule has 12 heavy (non-hydrogen) atoms. The second-order valence-corrected chi connectivity index (χ2v) is 2.56. The van der Waals surface area contributed by atoms with Gasteiger partial charge in [0.25, 0.3) is 0 Å². The zero-order chi connectivity index (χ0) is 8.55. The first kappa shape index (κ1) is 6.84. The average molecular weight is 160 g/mol. The number of fused-ring (bicyclic) bond motifs is 1. The summed E-state index contributed by atoms with van der Waals surface area (Å²) in [6, 6.07) is 1.79. The summed E-state index contributed by atoms with van der Waals surface area (Å²) in [5, 5.41) is 0.852. The van der Waals surface area contributed by atoms with Crippen molar-refractivity contribution in [2.75, 3.05) is 11.5 Å². The molecule has 4 nitrogen and oxygen atoms in total. The van der Waals surface area contributed by atoms with Gasteiger partial charge in [-0.3, -0.25) is 9.97 Å². The van der Waals surface area contributed by atoms with Crippen LogP contribution in [0.15, 0.2) is 24.7 Å². The minimum Gasteiger partial charge on any atom is -0.397 e. The summed E-state index contributed by atoms with van der Waals surface area (Å²) in [7, 11) is 0. The number of nitrogens with two attached hydrogens (primary N) is 2. The Morgan fingerprint density at radius 3 is 2.75 bits per heavy atom. The van der Waals surface area contributed by atoms with Crippen LogP contribution in [0.4, 0.5) is 11.4 Å². The number of aromatic nitrogens is 2. The normalized spacial score (nSPS) is 10.3. The molecule has 4 N–H and O–H groups in total. The van der Waals surface area contributed by atoms with Crippen LogP contribution in [-0.4, -0.2) is 9.97 Å². The topological polar surface area (TPSA) is 77.8 Å². The third-order valence-electron chi connectivity index (χ3n) is 1.66. The molecule has 2 rings (SSSR count). The van der Waals surface area contributed by atoms with Gasteiger partial charge < -0.3 is 11.5 Å². The smallest absolute Gasteiger partial charge is 0.0907 e. The molecule has 0 aliphatic heterocycles. The first-order valence-electron chi connectivity index (χ1n) is 3.52. The van der Waals surface area contributed by atoms with Gasteiger partial charge in [0.1, 0.15) is 0 Å². The lowest BCUT2D eigenvalue weighted by molar-refractivity contribution is 1.31. The molecule has 2 aromatic rings. The molecule has 0 aromatic carbocycles. The van der Waals surface area contributed by atoms with E-state index < -0.39 is 0 Å². The Hall–Kier alpha value is -1.84. The summed E-state index contributed by atoms with van der Waals surface area (Å²) in [6.07, 6.45) is 4.83. The molecule has 0 saturated carbocycles. The van der Waals surface area contributed by atoms with Gasteiger partial charge in [0.2, 0.25) is 0 Å². The molecular formula is C8H8N4. The largest absolute Gasteiger partial charge is 0.397 e. The van der Waals surface area contributed by atoms with E-state index in [9.17, 15) is 0 Å². The molecule has 0 fully saturated rings. The maximum absolute atomic E-state index is 5.67. The molecular weight excluding hydrogens is 152 g/mol. The van der Waals surface area contributed by atoms with Crippen LogP contribution < -0.4 is 11.5 Å². The van der Waals surface area contributed by atoms with Crippen LogP contribution in [0.5, 0.6) is 0 Å². The Balaban J connectivity index is 2.88. The molecule has 0 saturated heterocycles. The predicted molar refractivity (Wildman–Crippen MR) is 48.4 cm³/mol. The molecule has 0 aliphatic rings. The van der Waals surface area contributed by atoms with Gasteiger partial charge in [-0.25, -0.2) is 0 Å². The Morgan fingerprint density at radius 2 is 1.92 bits per heavy atom. The summed E-state index contributed by atoms with van der Waals surface area (Å²) in [5.74, 6) is 0. The van der Waals surface area contributed by atoms with Crippen molar-refractivity contribution in [2.45, 2.75) is 0 Å². The van der Waals surface area contributed by atoms with E-state index in [2.05, 4.69) is 9.97 Å². The molecule has 0 bridgehead atoms. The van der Waals surface area contributed by atoms with Crippen LogP contribution in [0.25, 0.3) is 10.9 Å². The van der Waals surface area contributed by atoms with Crippen molar-refractivity contribution in [3.05, 3.63) is 24.7 Å². The van der Waals surface area contributed by atoms with Gasteiger partial charge in [-0.2, -0.15) is 0 Å². The van der Waals surface area contributed by atoms with Gasteiger partial charge in [-0.1, -0.05) is 0 Å². The highest BCUT2D eigenvalue weighted by molar-refractivity contribution is 5.90. The molecule has 0 radical (unpaired) electrons. The van der Waals surface area contributed by atoms with Crippen molar-refractivity contribution in [1.82, 2.24) is 9.97 Å². The van der Waals surface area contributed by atoms with Gasteiger partial charge in [0.05, 0.1) is 35.5 Å². The summed E-state index contributed by atoms with van der Waals surface area (Å²) in [6.45, 7) is 0. The molecule has 4 heteroatoms. The quantitative estimate of drug-likeness (QED) is 0.597. The lowest BCUT2D eigenvalue weighted by atomic mass is 10.2. The van der Waals surface area contributed by atoms with Crippen LogP contribution in [0, 0.1) is 0 Å². The Labute approximate surface area is 69.2 Å². The predicted octanol–water partition coefficient (Wildman–Crippen LogP) is 0.794. The van der Waals surface area contributed by atoms with Gasteiger partial charge in [0.15, 0.2) is 0 Å². The molecule has 2 heterocycles. The SMILES string of the molecule is Nc1cnc2cncc(N)c2c1. The van der Waals surface area contributed by atoms with Crippen molar-refractivity contribution in [1.29, 1.82) is 0 Å². The Bertz CT molecular complexity index is 424. The lowest BCUT2D eigenvalue weighted by Gasteiger charge is -2.00. The van der Waals surface area contributed by atoms with Crippen LogP contribution in [0.3, 0.4) is 0 Å². The molecule has 0 amide bonds. The summed E-state index contributed by atoms with van der Waals surface area (Å²) in [4.78, 5) is 7.99. The molecule has 0 aliphatic carbocycles. The van der Waals surface area contributed by atoms with Crippen LogP contribution in [0.1, 0.15) is 0 Å². The van der Waals surface area contributed by atoms with Crippen LogP contribution >= 0.6 is 0 Å². The minimum absolute atomic E-state index is 0.604. The fourth-order valence-corrected chi connectivity index (χ4v) is 1.08. The lowest BCUT2D eigenvalue weighted by Crippen LogP contribution is -1.92.